The minimum absolute atomic E-state index is 0.131. The van der Waals surface area contributed by atoms with Gasteiger partial charge in [-0.3, -0.25) is 0 Å². The SMILES string of the molecule is CC1CCC(OCc2cccc(C(N)=NO)c2)CC1C. The first-order valence-corrected chi connectivity index (χ1v) is 7.28. The molecule has 3 atom stereocenters. The third kappa shape index (κ3) is 3.73. The number of oxime groups is 1. The molecular formula is C16H24N2O2. The molecule has 0 saturated heterocycles. The van der Waals surface area contributed by atoms with E-state index < -0.39 is 0 Å². The lowest BCUT2D eigenvalue weighted by Crippen LogP contribution is -2.26. The average molecular weight is 276 g/mol. The highest BCUT2D eigenvalue weighted by atomic mass is 16.5. The summed E-state index contributed by atoms with van der Waals surface area (Å²) in [5.74, 6) is 1.67. The summed E-state index contributed by atoms with van der Waals surface area (Å²) in [6.45, 7) is 5.21. The number of amidine groups is 1. The Morgan fingerprint density at radius 2 is 2.15 bits per heavy atom. The number of hydrogen-bond donors (Lipinski definition) is 2. The van der Waals surface area contributed by atoms with Gasteiger partial charge in [-0.15, -0.1) is 0 Å². The smallest absolute Gasteiger partial charge is 0.170 e. The van der Waals surface area contributed by atoms with E-state index in [9.17, 15) is 0 Å². The maximum Gasteiger partial charge on any atom is 0.170 e. The lowest BCUT2D eigenvalue weighted by Gasteiger charge is -2.32. The largest absolute Gasteiger partial charge is 0.409 e. The van der Waals surface area contributed by atoms with Crippen molar-refractivity contribution in [3.8, 4) is 0 Å². The lowest BCUT2D eigenvalue weighted by atomic mass is 9.80. The summed E-state index contributed by atoms with van der Waals surface area (Å²) < 4.78 is 6.01. The van der Waals surface area contributed by atoms with Gasteiger partial charge in [-0.2, -0.15) is 0 Å². The highest BCUT2D eigenvalue weighted by Gasteiger charge is 2.24. The summed E-state index contributed by atoms with van der Waals surface area (Å²) in [6.07, 6.45) is 3.89. The zero-order valence-corrected chi connectivity index (χ0v) is 12.2. The van der Waals surface area contributed by atoms with Gasteiger partial charge in [0.25, 0.3) is 0 Å². The molecule has 0 radical (unpaired) electrons. The van der Waals surface area contributed by atoms with Crippen molar-refractivity contribution >= 4 is 5.84 Å². The van der Waals surface area contributed by atoms with Crippen molar-refractivity contribution in [1.82, 2.24) is 0 Å². The summed E-state index contributed by atoms with van der Waals surface area (Å²) in [5, 5.41) is 11.7. The molecular weight excluding hydrogens is 252 g/mol. The molecule has 0 amide bonds. The van der Waals surface area contributed by atoms with Gasteiger partial charge in [-0.1, -0.05) is 37.2 Å². The predicted octanol–water partition coefficient (Wildman–Crippen LogP) is 3.12. The first-order valence-electron chi connectivity index (χ1n) is 7.28. The Balaban J connectivity index is 1.91. The minimum Gasteiger partial charge on any atom is -0.409 e. The molecule has 1 aliphatic carbocycles. The van der Waals surface area contributed by atoms with Crippen LogP contribution in [0.25, 0.3) is 0 Å². The van der Waals surface area contributed by atoms with Gasteiger partial charge in [0.2, 0.25) is 0 Å². The zero-order chi connectivity index (χ0) is 14.5. The summed E-state index contributed by atoms with van der Waals surface area (Å²) in [4.78, 5) is 0. The van der Waals surface area contributed by atoms with E-state index in [4.69, 9.17) is 15.7 Å². The molecule has 20 heavy (non-hydrogen) atoms. The summed E-state index contributed by atoms with van der Waals surface area (Å²) in [5.41, 5.74) is 7.37. The van der Waals surface area contributed by atoms with Crippen molar-refractivity contribution in [2.45, 2.75) is 45.8 Å². The maximum absolute atomic E-state index is 8.70. The number of hydrogen-bond acceptors (Lipinski definition) is 3. The van der Waals surface area contributed by atoms with Gasteiger partial charge < -0.3 is 15.7 Å². The van der Waals surface area contributed by atoms with Crippen LogP contribution in [0, 0.1) is 11.8 Å². The van der Waals surface area contributed by atoms with Crippen LogP contribution in [0.2, 0.25) is 0 Å². The molecule has 110 valence electrons. The van der Waals surface area contributed by atoms with Crippen LogP contribution in [-0.4, -0.2) is 17.1 Å². The first-order chi connectivity index (χ1) is 9.60. The lowest BCUT2D eigenvalue weighted by molar-refractivity contribution is -0.00745. The molecule has 3 N–H and O–H groups in total. The van der Waals surface area contributed by atoms with E-state index in [1.54, 1.807) is 0 Å². The third-order valence-corrected chi connectivity index (χ3v) is 4.37. The number of rotatable bonds is 4. The van der Waals surface area contributed by atoms with Gasteiger partial charge in [0, 0.05) is 5.56 Å². The van der Waals surface area contributed by atoms with Crippen LogP contribution >= 0.6 is 0 Å². The molecule has 1 aromatic rings. The van der Waals surface area contributed by atoms with Gasteiger partial charge in [0.15, 0.2) is 5.84 Å². The molecule has 0 aromatic heterocycles. The average Bonchev–Trinajstić information content (AvgIpc) is 2.48. The van der Waals surface area contributed by atoms with E-state index in [1.165, 1.54) is 6.42 Å². The molecule has 1 aromatic carbocycles. The van der Waals surface area contributed by atoms with E-state index >= 15 is 0 Å². The summed E-state index contributed by atoms with van der Waals surface area (Å²) >= 11 is 0. The second-order valence-electron chi connectivity index (χ2n) is 5.89. The molecule has 4 nitrogen and oxygen atoms in total. The van der Waals surface area contributed by atoms with Crippen molar-refractivity contribution in [3.63, 3.8) is 0 Å². The van der Waals surface area contributed by atoms with Gasteiger partial charge >= 0.3 is 0 Å². The fourth-order valence-electron chi connectivity index (χ4n) is 2.74. The normalized spacial score (nSPS) is 27.5. The molecule has 0 bridgehead atoms. The van der Waals surface area contributed by atoms with Crippen LogP contribution in [0.4, 0.5) is 0 Å². The second-order valence-corrected chi connectivity index (χ2v) is 5.89. The Morgan fingerprint density at radius 1 is 1.35 bits per heavy atom. The van der Waals surface area contributed by atoms with Crippen molar-refractivity contribution in [1.29, 1.82) is 0 Å². The number of nitrogens with two attached hydrogens (primary N) is 1. The first kappa shape index (κ1) is 14.9. The van der Waals surface area contributed by atoms with Crippen LogP contribution in [0.15, 0.2) is 29.4 Å². The Morgan fingerprint density at radius 3 is 2.85 bits per heavy atom. The number of nitrogens with zero attached hydrogens (tertiary/aromatic N) is 1. The van der Waals surface area contributed by atoms with Crippen LogP contribution in [-0.2, 0) is 11.3 Å². The Labute approximate surface area is 120 Å². The maximum atomic E-state index is 8.70. The molecule has 2 rings (SSSR count). The van der Waals surface area contributed by atoms with Crippen LogP contribution in [0.5, 0.6) is 0 Å². The second kappa shape index (κ2) is 6.75. The predicted molar refractivity (Wildman–Crippen MR) is 79.7 cm³/mol. The van der Waals surface area contributed by atoms with Crippen molar-refractivity contribution in [3.05, 3.63) is 35.4 Å². The van der Waals surface area contributed by atoms with Crippen molar-refractivity contribution in [2.75, 3.05) is 0 Å². The molecule has 1 saturated carbocycles. The molecule has 0 aliphatic heterocycles. The third-order valence-electron chi connectivity index (χ3n) is 4.37. The van der Waals surface area contributed by atoms with Crippen molar-refractivity contribution in [2.24, 2.45) is 22.7 Å². The fourth-order valence-corrected chi connectivity index (χ4v) is 2.74. The fraction of sp³-hybridized carbons (Fsp3) is 0.562. The molecule has 3 unspecified atom stereocenters. The van der Waals surface area contributed by atoms with Gasteiger partial charge in [0.05, 0.1) is 12.7 Å². The molecule has 0 spiro atoms. The topological polar surface area (TPSA) is 67.8 Å². The standard InChI is InChI=1S/C16H24N2O2/c1-11-6-7-15(8-12(11)2)20-10-13-4-3-5-14(9-13)16(17)18-19/h3-5,9,11-12,15,19H,6-8,10H2,1-2H3,(H2,17,18). The summed E-state index contributed by atoms with van der Waals surface area (Å²) in [6, 6.07) is 7.63. The van der Waals surface area contributed by atoms with E-state index in [1.807, 2.05) is 24.3 Å². The monoisotopic (exact) mass is 276 g/mol. The van der Waals surface area contributed by atoms with Crippen LogP contribution < -0.4 is 5.73 Å². The Kier molecular flexibility index (Phi) is 5.01. The molecule has 1 aliphatic rings. The quantitative estimate of drug-likeness (QED) is 0.384. The molecule has 1 fully saturated rings. The Bertz CT molecular complexity index is 473. The molecule has 0 heterocycles. The van der Waals surface area contributed by atoms with E-state index in [0.717, 1.165) is 35.8 Å². The minimum atomic E-state index is 0.131. The summed E-state index contributed by atoms with van der Waals surface area (Å²) in [7, 11) is 0. The van der Waals surface area contributed by atoms with E-state index in [0.29, 0.717) is 12.7 Å². The van der Waals surface area contributed by atoms with Crippen LogP contribution in [0.1, 0.15) is 44.2 Å². The Hall–Kier alpha value is -1.55. The highest BCUT2D eigenvalue weighted by Crippen LogP contribution is 2.31. The highest BCUT2D eigenvalue weighted by molar-refractivity contribution is 5.97. The van der Waals surface area contributed by atoms with Gasteiger partial charge in [0.1, 0.15) is 0 Å². The van der Waals surface area contributed by atoms with E-state index in [2.05, 4.69) is 19.0 Å². The van der Waals surface area contributed by atoms with E-state index in [-0.39, 0.29) is 5.84 Å². The van der Waals surface area contributed by atoms with Crippen molar-refractivity contribution < 1.29 is 9.94 Å². The van der Waals surface area contributed by atoms with Gasteiger partial charge in [-0.05, 0) is 42.7 Å². The number of ether oxygens (including phenoxy) is 1. The zero-order valence-electron chi connectivity index (χ0n) is 12.2. The van der Waals surface area contributed by atoms with Gasteiger partial charge in [-0.25, -0.2) is 0 Å². The van der Waals surface area contributed by atoms with Crippen LogP contribution in [0.3, 0.4) is 0 Å². The molecule has 4 heteroatoms. The number of benzene rings is 1.